The molecule has 0 aliphatic carbocycles. The third kappa shape index (κ3) is 2.74. The second kappa shape index (κ2) is 5.17. The van der Waals surface area contributed by atoms with Crippen LogP contribution in [0.3, 0.4) is 0 Å². The number of benzene rings is 1. The molecule has 0 aliphatic rings. The van der Waals surface area contributed by atoms with Crippen LogP contribution < -0.4 is 10.5 Å². The number of nitrogen functional groups attached to an aromatic ring is 1. The number of nitrogens with two attached hydrogens (primary N) is 1. The fourth-order valence-electron chi connectivity index (χ4n) is 1.28. The predicted octanol–water partition coefficient (Wildman–Crippen LogP) is 2.15. The molecule has 0 aromatic heterocycles. The summed E-state index contributed by atoms with van der Waals surface area (Å²) in [5.74, 6) is 0.283. The lowest BCUT2D eigenvalue weighted by Crippen LogP contribution is -2.14. The quantitative estimate of drug-likeness (QED) is 0.620. The van der Waals surface area contributed by atoms with Gasteiger partial charge in [-0.1, -0.05) is 6.92 Å². The Bertz CT molecular complexity index is 435. The number of Topliss-reactive ketones (excluding diaryl/α,β-unsaturated/α-hetero) is 1. The molecule has 1 aromatic carbocycles. The largest absolute Gasteiger partial charge is 0.475 e. The van der Waals surface area contributed by atoms with Crippen molar-refractivity contribution in [2.24, 2.45) is 0 Å². The van der Waals surface area contributed by atoms with Crippen molar-refractivity contribution in [1.29, 1.82) is 5.26 Å². The van der Waals surface area contributed by atoms with E-state index in [4.69, 9.17) is 15.7 Å². The van der Waals surface area contributed by atoms with Crippen molar-refractivity contribution in [3.63, 3.8) is 0 Å². The van der Waals surface area contributed by atoms with E-state index >= 15 is 0 Å². The van der Waals surface area contributed by atoms with Crippen LogP contribution in [0.4, 0.5) is 5.69 Å². The molecule has 1 atom stereocenters. The normalized spacial score (nSPS) is 11.6. The van der Waals surface area contributed by atoms with Crippen molar-refractivity contribution in [1.82, 2.24) is 0 Å². The Morgan fingerprint density at radius 3 is 2.81 bits per heavy atom. The zero-order chi connectivity index (χ0) is 12.1. The maximum absolute atomic E-state index is 11.4. The van der Waals surface area contributed by atoms with Gasteiger partial charge < -0.3 is 10.5 Å². The zero-order valence-corrected chi connectivity index (χ0v) is 9.36. The minimum absolute atomic E-state index is 0.130. The van der Waals surface area contributed by atoms with Crippen LogP contribution in [0.5, 0.6) is 5.75 Å². The van der Waals surface area contributed by atoms with Gasteiger partial charge in [0.25, 0.3) is 0 Å². The van der Waals surface area contributed by atoms with E-state index in [0.717, 1.165) is 0 Å². The van der Waals surface area contributed by atoms with Crippen molar-refractivity contribution in [3.8, 4) is 11.8 Å². The third-order valence-corrected chi connectivity index (χ3v) is 2.17. The Balaban J connectivity index is 3.04. The minimum atomic E-state index is -0.540. The summed E-state index contributed by atoms with van der Waals surface area (Å²) < 4.78 is 5.42. The van der Waals surface area contributed by atoms with E-state index in [-0.39, 0.29) is 5.78 Å². The van der Waals surface area contributed by atoms with E-state index < -0.39 is 6.10 Å². The van der Waals surface area contributed by atoms with Crippen molar-refractivity contribution >= 4 is 11.5 Å². The molecular formula is C12H14N2O2. The van der Waals surface area contributed by atoms with Crippen LogP contribution in [0, 0.1) is 11.3 Å². The van der Waals surface area contributed by atoms with Gasteiger partial charge in [-0.15, -0.1) is 0 Å². The first-order chi connectivity index (χ1) is 7.58. The Labute approximate surface area is 94.6 Å². The molecule has 0 saturated carbocycles. The first kappa shape index (κ1) is 12.1. The molecule has 16 heavy (non-hydrogen) atoms. The first-order valence-corrected chi connectivity index (χ1v) is 5.05. The maximum Gasteiger partial charge on any atom is 0.184 e. The molecule has 4 nitrogen and oxygen atoms in total. The molecule has 0 saturated heterocycles. The van der Waals surface area contributed by atoms with Crippen LogP contribution in [-0.2, 0) is 0 Å². The van der Waals surface area contributed by atoms with E-state index in [2.05, 4.69) is 0 Å². The van der Waals surface area contributed by atoms with Gasteiger partial charge in [-0.25, -0.2) is 0 Å². The van der Waals surface area contributed by atoms with Crippen molar-refractivity contribution in [3.05, 3.63) is 23.8 Å². The van der Waals surface area contributed by atoms with Gasteiger partial charge in [0.2, 0.25) is 0 Å². The molecule has 0 bridgehead atoms. The fraction of sp³-hybridized carbons (Fsp3) is 0.333. The SMILES string of the molecule is CCC(C#N)Oc1ccc(N)cc1C(C)=O. The molecule has 0 radical (unpaired) electrons. The summed E-state index contributed by atoms with van der Waals surface area (Å²) in [6.45, 7) is 3.29. The van der Waals surface area contributed by atoms with E-state index in [1.54, 1.807) is 18.2 Å². The van der Waals surface area contributed by atoms with E-state index in [0.29, 0.717) is 23.4 Å². The number of rotatable bonds is 4. The van der Waals surface area contributed by atoms with Crippen molar-refractivity contribution in [2.75, 3.05) is 5.73 Å². The van der Waals surface area contributed by atoms with Crippen LogP contribution in [0.1, 0.15) is 30.6 Å². The highest BCUT2D eigenvalue weighted by atomic mass is 16.5. The smallest absolute Gasteiger partial charge is 0.184 e. The summed E-state index contributed by atoms with van der Waals surface area (Å²) in [5.41, 5.74) is 6.50. The molecule has 0 fully saturated rings. The molecule has 0 amide bonds. The number of anilines is 1. The Kier molecular flexibility index (Phi) is 3.90. The van der Waals surface area contributed by atoms with Gasteiger partial charge in [0.15, 0.2) is 11.9 Å². The standard InChI is InChI=1S/C12H14N2O2/c1-3-10(7-13)16-12-5-4-9(14)6-11(12)8(2)15/h4-6,10H,3,14H2,1-2H3. The highest BCUT2D eigenvalue weighted by Gasteiger charge is 2.13. The first-order valence-electron chi connectivity index (χ1n) is 5.05. The highest BCUT2D eigenvalue weighted by Crippen LogP contribution is 2.23. The lowest BCUT2D eigenvalue weighted by molar-refractivity contribution is 0.101. The molecule has 84 valence electrons. The lowest BCUT2D eigenvalue weighted by atomic mass is 10.1. The molecule has 1 rings (SSSR count). The number of carbonyl (C=O) groups excluding carboxylic acids is 1. The Morgan fingerprint density at radius 2 is 2.31 bits per heavy atom. The Hall–Kier alpha value is -2.02. The topological polar surface area (TPSA) is 76.1 Å². The number of nitrogens with zero attached hydrogens (tertiary/aromatic N) is 1. The summed E-state index contributed by atoms with van der Waals surface area (Å²) in [7, 11) is 0. The number of hydrogen-bond acceptors (Lipinski definition) is 4. The molecule has 1 unspecified atom stereocenters. The predicted molar refractivity (Wildman–Crippen MR) is 61.2 cm³/mol. The third-order valence-electron chi connectivity index (χ3n) is 2.17. The van der Waals surface area contributed by atoms with Gasteiger partial charge in [0.1, 0.15) is 11.8 Å². The summed E-state index contributed by atoms with van der Waals surface area (Å²) in [6, 6.07) is 6.84. The van der Waals surface area contributed by atoms with Gasteiger partial charge in [-0.3, -0.25) is 4.79 Å². The number of ketones is 1. The maximum atomic E-state index is 11.4. The summed E-state index contributed by atoms with van der Waals surface area (Å²) in [5, 5.41) is 8.79. The van der Waals surface area contributed by atoms with Gasteiger partial charge >= 0.3 is 0 Å². The second-order valence-electron chi connectivity index (χ2n) is 3.46. The van der Waals surface area contributed by atoms with E-state index in [1.165, 1.54) is 6.92 Å². The van der Waals surface area contributed by atoms with Gasteiger partial charge in [-0.05, 0) is 31.5 Å². The van der Waals surface area contributed by atoms with Crippen molar-refractivity contribution in [2.45, 2.75) is 26.4 Å². The van der Waals surface area contributed by atoms with E-state index in [9.17, 15) is 4.79 Å². The minimum Gasteiger partial charge on any atom is -0.475 e. The number of hydrogen-bond donors (Lipinski definition) is 1. The summed E-state index contributed by atoms with van der Waals surface area (Å²) in [4.78, 5) is 11.4. The zero-order valence-electron chi connectivity index (χ0n) is 9.36. The average Bonchev–Trinajstić information content (AvgIpc) is 2.27. The lowest BCUT2D eigenvalue weighted by Gasteiger charge is -2.13. The molecular weight excluding hydrogens is 204 g/mol. The number of ether oxygens (including phenoxy) is 1. The molecule has 0 heterocycles. The monoisotopic (exact) mass is 218 g/mol. The molecule has 4 heteroatoms. The van der Waals surface area contributed by atoms with Gasteiger partial charge in [0.05, 0.1) is 5.56 Å². The van der Waals surface area contributed by atoms with Crippen LogP contribution >= 0.6 is 0 Å². The molecule has 1 aromatic rings. The number of carbonyl (C=O) groups is 1. The number of nitriles is 1. The molecule has 2 N–H and O–H groups in total. The van der Waals surface area contributed by atoms with Crippen LogP contribution in [-0.4, -0.2) is 11.9 Å². The van der Waals surface area contributed by atoms with Crippen LogP contribution in [0.15, 0.2) is 18.2 Å². The van der Waals surface area contributed by atoms with E-state index in [1.807, 2.05) is 13.0 Å². The van der Waals surface area contributed by atoms with Gasteiger partial charge in [0, 0.05) is 5.69 Å². The average molecular weight is 218 g/mol. The molecule has 0 spiro atoms. The summed E-state index contributed by atoms with van der Waals surface area (Å²) in [6.07, 6.45) is 0.0276. The van der Waals surface area contributed by atoms with Crippen molar-refractivity contribution < 1.29 is 9.53 Å². The molecule has 0 aliphatic heterocycles. The summed E-state index contributed by atoms with van der Waals surface area (Å²) >= 11 is 0. The fourth-order valence-corrected chi connectivity index (χ4v) is 1.28. The van der Waals surface area contributed by atoms with Crippen LogP contribution in [0.25, 0.3) is 0 Å². The van der Waals surface area contributed by atoms with Crippen LogP contribution in [0.2, 0.25) is 0 Å². The highest BCUT2D eigenvalue weighted by molar-refractivity contribution is 5.97. The second-order valence-corrected chi connectivity index (χ2v) is 3.46. The Morgan fingerprint density at radius 1 is 1.62 bits per heavy atom. The van der Waals surface area contributed by atoms with Gasteiger partial charge in [-0.2, -0.15) is 5.26 Å².